The summed E-state index contributed by atoms with van der Waals surface area (Å²) in [5.41, 5.74) is 3.69. The molecule has 0 aliphatic heterocycles. The molecule has 0 atom stereocenters. The summed E-state index contributed by atoms with van der Waals surface area (Å²) < 4.78 is 2.24. The highest BCUT2D eigenvalue weighted by Gasteiger charge is 2.18. The first kappa shape index (κ1) is 10.3. The Morgan fingerprint density at radius 3 is 2.80 bits per heavy atom. The van der Waals surface area contributed by atoms with Crippen molar-refractivity contribution in [2.24, 2.45) is 5.92 Å². The summed E-state index contributed by atoms with van der Waals surface area (Å²) in [5.74, 6) is 0.607. The molecule has 0 bridgehead atoms. The third-order valence-electron chi connectivity index (χ3n) is 3.07. The van der Waals surface area contributed by atoms with Crippen molar-refractivity contribution in [1.29, 1.82) is 5.26 Å². The Balaban J connectivity index is 2.41. The molecule has 1 heterocycles. The molecule has 0 spiro atoms. The van der Waals surface area contributed by atoms with Gasteiger partial charge in [0.1, 0.15) is 11.8 Å². The molecule has 0 unspecified atom stereocenters. The Morgan fingerprint density at radius 2 is 2.13 bits per heavy atom. The molecule has 15 heavy (non-hydrogen) atoms. The van der Waals surface area contributed by atoms with Gasteiger partial charge in [0, 0.05) is 12.2 Å². The summed E-state index contributed by atoms with van der Waals surface area (Å²) in [6.45, 7) is 5.39. The molecule has 1 aromatic heterocycles. The third kappa shape index (κ3) is 1.92. The van der Waals surface area contributed by atoms with Gasteiger partial charge in [0.15, 0.2) is 0 Å². The van der Waals surface area contributed by atoms with Crippen molar-refractivity contribution < 1.29 is 0 Å². The van der Waals surface area contributed by atoms with E-state index in [0.717, 1.165) is 25.1 Å². The van der Waals surface area contributed by atoms with Gasteiger partial charge in [-0.2, -0.15) is 5.26 Å². The molecule has 0 fully saturated rings. The summed E-state index contributed by atoms with van der Waals surface area (Å²) in [6.07, 6.45) is 4.88. The van der Waals surface area contributed by atoms with Crippen LogP contribution in [0.25, 0.3) is 0 Å². The summed E-state index contributed by atoms with van der Waals surface area (Å²) in [6, 6.07) is 4.42. The molecule has 0 aromatic carbocycles. The molecule has 1 aromatic rings. The maximum Gasteiger partial charge on any atom is 0.120 e. The average molecular weight is 202 g/mol. The zero-order valence-electron chi connectivity index (χ0n) is 9.58. The van der Waals surface area contributed by atoms with Gasteiger partial charge in [0.2, 0.25) is 0 Å². The predicted molar refractivity (Wildman–Crippen MR) is 60.6 cm³/mol. The smallest absolute Gasteiger partial charge is 0.120 e. The van der Waals surface area contributed by atoms with Crippen LogP contribution in [0.4, 0.5) is 0 Å². The average Bonchev–Trinajstić information content (AvgIpc) is 2.56. The summed E-state index contributed by atoms with van der Waals surface area (Å²) in [4.78, 5) is 0. The van der Waals surface area contributed by atoms with E-state index in [9.17, 15) is 0 Å². The van der Waals surface area contributed by atoms with Crippen LogP contribution in [0.3, 0.4) is 0 Å². The van der Waals surface area contributed by atoms with Crippen molar-refractivity contribution in [3.63, 3.8) is 0 Å². The van der Waals surface area contributed by atoms with Gasteiger partial charge in [-0.15, -0.1) is 0 Å². The Hall–Kier alpha value is -1.23. The Morgan fingerprint density at radius 1 is 1.40 bits per heavy atom. The first-order chi connectivity index (χ1) is 7.22. The van der Waals surface area contributed by atoms with Gasteiger partial charge in [-0.05, 0) is 43.2 Å². The number of aromatic nitrogens is 1. The molecule has 0 amide bonds. The van der Waals surface area contributed by atoms with E-state index < -0.39 is 0 Å². The molecule has 80 valence electrons. The van der Waals surface area contributed by atoms with Crippen LogP contribution in [-0.4, -0.2) is 4.57 Å². The number of hydrogen-bond acceptors (Lipinski definition) is 1. The second-order valence-electron chi connectivity index (χ2n) is 4.82. The minimum absolute atomic E-state index is 0.607. The molecule has 0 N–H and O–H groups in total. The number of rotatable bonds is 2. The van der Waals surface area contributed by atoms with Crippen molar-refractivity contribution in [3.05, 3.63) is 23.0 Å². The van der Waals surface area contributed by atoms with Crippen molar-refractivity contribution in [2.75, 3.05) is 0 Å². The van der Waals surface area contributed by atoms with Gasteiger partial charge in [-0.3, -0.25) is 0 Å². The van der Waals surface area contributed by atoms with Gasteiger partial charge in [-0.25, -0.2) is 0 Å². The maximum atomic E-state index is 9.11. The summed E-state index contributed by atoms with van der Waals surface area (Å²) in [7, 11) is 0. The molecule has 0 radical (unpaired) electrons. The third-order valence-corrected chi connectivity index (χ3v) is 3.07. The lowest BCUT2D eigenvalue weighted by Crippen LogP contribution is -2.12. The number of hydrogen-bond donors (Lipinski definition) is 0. The van der Waals surface area contributed by atoms with E-state index in [4.69, 9.17) is 5.26 Å². The normalized spacial score (nSPS) is 15.1. The minimum Gasteiger partial charge on any atom is -0.336 e. The van der Waals surface area contributed by atoms with Crippen LogP contribution < -0.4 is 0 Å². The quantitative estimate of drug-likeness (QED) is 0.725. The number of nitrogens with zero attached hydrogens (tertiary/aromatic N) is 2. The maximum absolute atomic E-state index is 9.11. The van der Waals surface area contributed by atoms with E-state index in [1.807, 2.05) is 0 Å². The molecule has 0 saturated carbocycles. The highest BCUT2D eigenvalue weighted by molar-refractivity contribution is 5.36. The van der Waals surface area contributed by atoms with E-state index >= 15 is 0 Å². The van der Waals surface area contributed by atoms with Crippen molar-refractivity contribution in [1.82, 2.24) is 4.57 Å². The second-order valence-corrected chi connectivity index (χ2v) is 4.82. The van der Waals surface area contributed by atoms with E-state index in [1.54, 1.807) is 0 Å². The van der Waals surface area contributed by atoms with E-state index in [0.29, 0.717) is 5.92 Å². The SMILES string of the molecule is CC(C)Cn1c(C#N)cc2c1CCCC2. The lowest BCUT2D eigenvalue weighted by Gasteiger charge is -2.17. The number of nitriles is 1. The molecule has 2 heteroatoms. The first-order valence-corrected chi connectivity index (χ1v) is 5.83. The molecule has 1 aliphatic carbocycles. The zero-order valence-corrected chi connectivity index (χ0v) is 9.58. The van der Waals surface area contributed by atoms with Crippen LogP contribution in [0.1, 0.15) is 43.6 Å². The summed E-state index contributed by atoms with van der Waals surface area (Å²) in [5, 5.41) is 9.11. The molecule has 0 saturated heterocycles. The van der Waals surface area contributed by atoms with Crippen molar-refractivity contribution in [2.45, 2.75) is 46.1 Å². The Bertz CT molecular complexity index is 393. The Kier molecular flexibility index (Phi) is 2.81. The second kappa shape index (κ2) is 4.10. The number of fused-ring (bicyclic) bond motifs is 1. The van der Waals surface area contributed by atoms with Crippen LogP contribution in [0.5, 0.6) is 0 Å². The van der Waals surface area contributed by atoms with Crippen LogP contribution in [0.15, 0.2) is 6.07 Å². The fourth-order valence-corrected chi connectivity index (χ4v) is 2.43. The van der Waals surface area contributed by atoms with Crippen LogP contribution >= 0.6 is 0 Å². The van der Waals surface area contributed by atoms with E-state index in [-0.39, 0.29) is 0 Å². The van der Waals surface area contributed by atoms with Crippen LogP contribution in [-0.2, 0) is 19.4 Å². The fraction of sp³-hybridized carbons (Fsp3) is 0.615. The molecular weight excluding hydrogens is 184 g/mol. The standard InChI is InChI=1S/C13H18N2/c1-10(2)9-15-12(8-14)7-11-5-3-4-6-13(11)15/h7,10H,3-6,9H2,1-2H3. The minimum atomic E-state index is 0.607. The largest absolute Gasteiger partial charge is 0.336 e. The van der Waals surface area contributed by atoms with Crippen molar-refractivity contribution >= 4 is 0 Å². The fourth-order valence-electron chi connectivity index (χ4n) is 2.43. The van der Waals surface area contributed by atoms with Gasteiger partial charge in [0.05, 0.1) is 0 Å². The highest BCUT2D eigenvalue weighted by Crippen LogP contribution is 2.25. The van der Waals surface area contributed by atoms with Crippen molar-refractivity contribution in [3.8, 4) is 6.07 Å². The topological polar surface area (TPSA) is 28.7 Å². The van der Waals surface area contributed by atoms with Crippen LogP contribution in [0, 0.1) is 17.2 Å². The van der Waals surface area contributed by atoms with Gasteiger partial charge >= 0.3 is 0 Å². The van der Waals surface area contributed by atoms with E-state index in [1.165, 1.54) is 24.1 Å². The van der Waals surface area contributed by atoms with Gasteiger partial charge in [0.25, 0.3) is 0 Å². The molecular formula is C13H18N2. The number of aryl methyl sites for hydroxylation is 1. The lowest BCUT2D eigenvalue weighted by molar-refractivity contribution is 0.497. The highest BCUT2D eigenvalue weighted by atomic mass is 15.0. The van der Waals surface area contributed by atoms with Crippen LogP contribution in [0.2, 0.25) is 0 Å². The summed E-state index contributed by atoms with van der Waals surface area (Å²) >= 11 is 0. The molecule has 1 aliphatic rings. The lowest BCUT2D eigenvalue weighted by atomic mass is 9.98. The van der Waals surface area contributed by atoms with Gasteiger partial charge in [-0.1, -0.05) is 13.8 Å². The predicted octanol–water partition coefficient (Wildman–Crippen LogP) is 2.89. The Labute approximate surface area is 91.5 Å². The van der Waals surface area contributed by atoms with Gasteiger partial charge < -0.3 is 4.57 Å². The monoisotopic (exact) mass is 202 g/mol. The zero-order chi connectivity index (χ0) is 10.8. The molecule has 2 nitrogen and oxygen atoms in total. The van der Waals surface area contributed by atoms with E-state index in [2.05, 4.69) is 30.6 Å². The molecule has 2 rings (SSSR count). The first-order valence-electron chi connectivity index (χ1n) is 5.83.